The summed E-state index contributed by atoms with van der Waals surface area (Å²) < 4.78 is 0. The van der Waals surface area contributed by atoms with Crippen LogP contribution in [-0.4, -0.2) is 35.8 Å². The van der Waals surface area contributed by atoms with Gasteiger partial charge in [0.15, 0.2) is 0 Å². The van der Waals surface area contributed by atoms with Crippen LogP contribution in [-0.2, 0) is 4.79 Å². The van der Waals surface area contributed by atoms with Crippen LogP contribution in [0.5, 0.6) is 0 Å². The predicted octanol–water partition coefficient (Wildman–Crippen LogP) is 3.28. The van der Waals surface area contributed by atoms with Gasteiger partial charge in [-0.2, -0.15) is 0 Å². The number of hydrogen-bond acceptors (Lipinski definition) is 2. The Kier molecular flexibility index (Phi) is 4.54. The van der Waals surface area contributed by atoms with E-state index >= 15 is 0 Å². The van der Waals surface area contributed by atoms with Crippen LogP contribution in [0.3, 0.4) is 0 Å². The number of aromatic amines is 1. The Balaban J connectivity index is 2.04. The summed E-state index contributed by atoms with van der Waals surface area (Å²) in [6.07, 6.45) is 3.52. The Morgan fingerprint density at radius 1 is 1.29 bits per heavy atom. The zero-order chi connectivity index (χ0) is 17.4. The highest BCUT2D eigenvalue weighted by atomic mass is 35.5. The van der Waals surface area contributed by atoms with Gasteiger partial charge >= 0.3 is 0 Å². The second-order valence-corrected chi connectivity index (χ2v) is 7.20. The lowest BCUT2D eigenvalue weighted by Crippen LogP contribution is -2.32. The van der Waals surface area contributed by atoms with E-state index in [9.17, 15) is 9.59 Å². The van der Waals surface area contributed by atoms with Gasteiger partial charge in [0, 0.05) is 35.9 Å². The Morgan fingerprint density at radius 2 is 2.04 bits per heavy atom. The fourth-order valence-electron chi connectivity index (χ4n) is 3.84. The first kappa shape index (κ1) is 16.8. The van der Waals surface area contributed by atoms with Gasteiger partial charge in [-0.3, -0.25) is 9.59 Å². The van der Waals surface area contributed by atoms with Crippen LogP contribution in [0.4, 0.5) is 0 Å². The summed E-state index contributed by atoms with van der Waals surface area (Å²) in [5.41, 5.74) is 7.79. The van der Waals surface area contributed by atoms with Crippen LogP contribution < -0.4 is 5.73 Å². The molecule has 1 aromatic heterocycles. The molecule has 128 valence electrons. The van der Waals surface area contributed by atoms with E-state index in [0.29, 0.717) is 10.7 Å². The third kappa shape index (κ3) is 3.00. The van der Waals surface area contributed by atoms with Crippen molar-refractivity contribution < 1.29 is 9.59 Å². The molecule has 2 atom stereocenters. The summed E-state index contributed by atoms with van der Waals surface area (Å²) in [5.74, 6) is -0.206. The van der Waals surface area contributed by atoms with E-state index in [-0.39, 0.29) is 17.7 Å². The number of carbonyl (C=O) groups excluding carboxylic acids is 2. The average Bonchev–Trinajstić information content (AvgIpc) is 2.93. The van der Waals surface area contributed by atoms with Crippen LogP contribution in [0.25, 0.3) is 10.9 Å². The van der Waals surface area contributed by atoms with Gasteiger partial charge in [0.2, 0.25) is 5.91 Å². The van der Waals surface area contributed by atoms with Crippen molar-refractivity contribution in [2.75, 3.05) is 14.1 Å². The zero-order valence-corrected chi connectivity index (χ0v) is 14.7. The normalized spacial score (nSPS) is 21.0. The van der Waals surface area contributed by atoms with Crippen molar-refractivity contribution >= 4 is 34.3 Å². The van der Waals surface area contributed by atoms with Crippen molar-refractivity contribution in [2.45, 2.75) is 31.6 Å². The number of aromatic nitrogens is 1. The van der Waals surface area contributed by atoms with Gasteiger partial charge in [0.05, 0.1) is 0 Å². The molecular weight excluding hydrogens is 326 g/mol. The number of amides is 2. The maximum absolute atomic E-state index is 12.4. The number of fused-ring (bicyclic) bond motifs is 1. The summed E-state index contributed by atoms with van der Waals surface area (Å²) in [6.45, 7) is 0. The van der Waals surface area contributed by atoms with Crippen molar-refractivity contribution in [3.8, 4) is 0 Å². The number of nitrogens with zero attached hydrogens (tertiary/aromatic N) is 1. The number of rotatable bonds is 3. The van der Waals surface area contributed by atoms with E-state index in [0.717, 1.165) is 42.1 Å². The molecule has 1 aliphatic rings. The molecule has 1 aliphatic carbocycles. The fourth-order valence-corrected chi connectivity index (χ4v) is 4.02. The molecule has 1 unspecified atom stereocenters. The molecule has 1 heterocycles. The number of H-pyrrole nitrogens is 1. The van der Waals surface area contributed by atoms with Crippen LogP contribution >= 0.6 is 11.6 Å². The number of benzene rings is 1. The van der Waals surface area contributed by atoms with Gasteiger partial charge in [-0.05, 0) is 48.9 Å². The van der Waals surface area contributed by atoms with Crippen LogP contribution in [0, 0.1) is 5.92 Å². The Hall–Kier alpha value is -2.01. The van der Waals surface area contributed by atoms with Gasteiger partial charge in [0.25, 0.3) is 5.91 Å². The minimum atomic E-state index is -0.474. The molecule has 3 rings (SSSR count). The van der Waals surface area contributed by atoms with Gasteiger partial charge in [-0.1, -0.05) is 18.0 Å². The molecule has 0 radical (unpaired) electrons. The molecular formula is C18H22ClN3O2. The highest BCUT2D eigenvalue weighted by Crippen LogP contribution is 2.41. The van der Waals surface area contributed by atoms with Gasteiger partial charge in [-0.15, -0.1) is 0 Å². The minimum absolute atomic E-state index is 0.0105. The lowest BCUT2D eigenvalue weighted by molar-refractivity contribution is -0.134. The summed E-state index contributed by atoms with van der Waals surface area (Å²) in [6, 6.07) is 5.51. The predicted molar refractivity (Wildman–Crippen MR) is 95.2 cm³/mol. The fraction of sp³-hybridized carbons (Fsp3) is 0.444. The molecule has 6 heteroatoms. The summed E-state index contributed by atoms with van der Waals surface area (Å²) in [5, 5.41) is 1.55. The minimum Gasteiger partial charge on any atom is -0.364 e. The highest BCUT2D eigenvalue weighted by Gasteiger charge is 2.32. The van der Waals surface area contributed by atoms with E-state index in [2.05, 4.69) is 4.98 Å². The van der Waals surface area contributed by atoms with Crippen molar-refractivity contribution in [1.29, 1.82) is 0 Å². The van der Waals surface area contributed by atoms with Crippen LogP contribution in [0.1, 0.15) is 47.7 Å². The van der Waals surface area contributed by atoms with Crippen molar-refractivity contribution in [1.82, 2.24) is 9.88 Å². The standard InChI is InChI=1S/C18H22ClN3O2/c1-22(2)18(24)11-5-3-4-10(8-11)15-13-9-12(19)6-7-14(13)21-16(15)17(20)23/h6-7,9-11,21H,3-5,8H2,1-2H3,(H2,20,23)/t10?,11-/m1/s1. The summed E-state index contributed by atoms with van der Waals surface area (Å²) in [7, 11) is 3.57. The average molecular weight is 348 g/mol. The van der Waals surface area contributed by atoms with E-state index in [1.165, 1.54) is 0 Å². The van der Waals surface area contributed by atoms with Crippen LogP contribution in [0.2, 0.25) is 5.02 Å². The molecule has 24 heavy (non-hydrogen) atoms. The maximum Gasteiger partial charge on any atom is 0.265 e. The second kappa shape index (κ2) is 6.48. The molecule has 5 nitrogen and oxygen atoms in total. The quantitative estimate of drug-likeness (QED) is 0.893. The molecule has 0 spiro atoms. The molecule has 2 amide bonds. The Morgan fingerprint density at radius 3 is 2.71 bits per heavy atom. The van der Waals surface area contributed by atoms with Crippen LogP contribution in [0.15, 0.2) is 18.2 Å². The summed E-state index contributed by atoms with van der Waals surface area (Å²) >= 11 is 6.15. The van der Waals surface area contributed by atoms with Crippen molar-refractivity contribution in [2.24, 2.45) is 11.7 Å². The smallest absolute Gasteiger partial charge is 0.265 e. The van der Waals surface area contributed by atoms with Gasteiger partial charge in [-0.25, -0.2) is 0 Å². The zero-order valence-electron chi connectivity index (χ0n) is 13.9. The number of nitrogens with two attached hydrogens (primary N) is 1. The topological polar surface area (TPSA) is 79.2 Å². The number of hydrogen-bond donors (Lipinski definition) is 2. The van der Waals surface area contributed by atoms with Crippen molar-refractivity contribution in [3.05, 3.63) is 34.5 Å². The molecule has 0 saturated heterocycles. The lowest BCUT2D eigenvalue weighted by Gasteiger charge is -2.30. The van der Waals surface area contributed by atoms with Gasteiger partial charge in [0.1, 0.15) is 5.69 Å². The molecule has 2 aromatic rings. The third-order valence-electron chi connectivity index (χ3n) is 4.92. The van der Waals surface area contributed by atoms with E-state index in [1.807, 2.05) is 12.1 Å². The molecule has 0 bridgehead atoms. The molecule has 1 fully saturated rings. The SMILES string of the molecule is CN(C)C(=O)[C@@H]1CCCC(c2c(C(N)=O)[nH]c3ccc(Cl)cc23)C1. The first-order chi connectivity index (χ1) is 11.4. The molecule has 1 aromatic carbocycles. The largest absolute Gasteiger partial charge is 0.364 e. The maximum atomic E-state index is 12.4. The number of nitrogens with one attached hydrogen (secondary N) is 1. The van der Waals surface area contributed by atoms with E-state index < -0.39 is 5.91 Å². The number of halogens is 1. The third-order valence-corrected chi connectivity index (χ3v) is 5.15. The van der Waals surface area contributed by atoms with Gasteiger partial charge < -0.3 is 15.6 Å². The first-order valence-corrected chi connectivity index (χ1v) is 8.58. The monoisotopic (exact) mass is 347 g/mol. The van der Waals surface area contributed by atoms with E-state index in [1.54, 1.807) is 25.1 Å². The molecule has 0 aliphatic heterocycles. The lowest BCUT2D eigenvalue weighted by atomic mass is 9.76. The Labute approximate surface area is 146 Å². The number of carbonyl (C=O) groups is 2. The highest BCUT2D eigenvalue weighted by molar-refractivity contribution is 6.31. The summed E-state index contributed by atoms with van der Waals surface area (Å²) in [4.78, 5) is 29.1. The van der Waals surface area contributed by atoms with E-state index in [4.69, 9.17) is 17.3 Å². The second-order valence-electron chi connectivity index (χ2n) is 6.76. The molecule has 3 N–H and O–H groups in total. The first-order valence-electron chi connectivity index (χ1n) is 8.20. The Bertz CT molecular complexity index is 797. The number of primary amides is 1. The molecule has 1 saturated carbocycles. The van der Waals surface area contributed by atoms with Crippen molar-refractivity contribution in [3.63, 3.8) is 0 Å².